The fourth-order valence-electron chi connectivity index (χ4n) is 1.62. The average Bonchev–Trinajstić information content (AvgIpc) is 2.26. The maximum Gasteiger partial charge on any atom is -0.00484 e. The van der Waals surface area contributed by atoms with Crippen molar-refractivity contribution >= 4 is 0 Å². The van der Waals surface area contributed by atoms with Crippen LogP contribution in [0.4, 0.5) is 0 Å². The molecule has 0 atom stereocenters. The van der Waals surface area contributed by atoms with Crippen LogP contribution in [0.2, 0.25) is 0 Å². The Morgan fingerprint density at radius 2 is 0.933 bits per heavy atom. The lowest BCUT2D eigenvalue weighted by atomic mass is 10.1. The van der Waals surface area contributed by atoms with Crippen LogP contribution in [0, 0.1) is 0 Å². The minimum Gasteiger partial charge on any atom is -0.330 e. The van der Waals surface area contributed by atoms with Gasteiger partial charge in [-0.05, 0) is 51.9 Å². The average molecular weight is 215 g/mol. The molecule has 0 heterocycles. The Morgan fingerprint density at radius 3 is 1.53 bits per heavy atom. The zero-order valence-corrected chi connectivity index (χ0v) is 10.1. The van der Waals surface area contributed by atoms with Crippen molar-refractivity contribution in [3.8, 4) is 0 Å². The van der Waals surface area contributed by atoms with Crippen LogP contribution in [0.5, 0.6) is 0 Å². The molecule has 3 heteroatoms. The molecule has 0 bridgehead atoms. The van der Waals surface area contributed by atoms with Crippen LogP contribution in [0.3, 0.4) is 0 Å². The van der Waals surface area contributed by atoms with Crippen molar-refractivity contribution in [2.75, 3.05) is 26.2 Å². The highest BCUT2D eigenvalue weighted by molar-refractivity contribution is 4.51. The van der Waals surface area contributed by atoms with Crippen LogP contribution in [0.15, 0.2) is 0 Å². The summed E-state index contributed by atoms with van der Waals surface area (Å²) in [7, 11) is 0. The van der Waals surface area contributed by atoms with E-state index in [0.29, 0.717) is 0 Å². The van der Waals surface area contributed by atoms with Crippen LogP contribution in [-0.2, 0) is 0 Å². The number of unbranched alkanes of at least 4 members (excludes halogenated alkanes) is 6. The summed E-state index contributed by atoms with van der Waals surface area (Å²) in [5.74, 6) is 0. The van der Waals surface area contributed by atoms with E-state index in [2.05, 4.69) is 5.32 Å². The summed E-state index contributed by atoms with van der Waals surface area (Å²) in [6.45, 7) is 3.97. The van der Waals surface area contributed by atoms with Crippen LogP contribution < -0.4 is 16.8 Å². The van der Waals surface area contributed by atoms with Crippen molar-refractivity contribution in [1.29, 1.82) is 0 Å². The molecule has 0 aromatic rings. The summed E-state index contributed by atoms with van der Waals surface area (Å²) in [5, 5.41) is 3.45. The number of hydrogen-bond donors (Lipinski definition) is 3. The van der Waals surface area contributed by atoms with Gasteiger partial charge in [0.1, 0.15) is 0 Å². The van der Waals surface area contributed by atoms with Gasteiger partial charge in [0.25, 0.3) is 0 Å². The summed E-state index contributed by atoms with van der Waals surface area (Å²) in [5.41, 5.74) is 10.8. The smallest absolute Gasteiger partial charge is 0.00484 e. The number of rotatable bonds is 12. The highest BCUT2D eigenvalue weighted by atomic mass is 14.8. The minimum absolute atomic E-state index is 0.822. The summed E-state index contributed by atoms with van der Waals surface area (Å²) in [4.78, 5) is 0. The summed E-state index contributed by atoms with van der Waals surface area (Å²) < 4.78 is 0. The van der Waals surface area contributed by atoms with Crippen LogP contribution in [-0.4, -0.2) is 26.2 Å². The first kappa shape index (κ1) is 14.9. The molecule has 0 aliphatic rings. The Bertz CT molecular complexity index is 95.0. The second-order valence-corrected chi connectivity index (χ2v) is 4.16. The molecule has 15 heavy (non-hydrogen) atoms. The first-order valence-corrected chi connectivity index (χ1v) is 6.52. The van der Waals surface area contributed by atoms with E-state index in [9.17, 15) is 0 Å². The third-order valence-electron chi connectivity index (χ3n) is 2.62. The van der Waals surface area contributed by atoms with Gasteiger partial charge in [-0.25, -0.2) is 0 Å². The highest BCUT2D eigenvalue weighted by Crippen LogP contribution is 2.03. The zero-order chi connectivity index (χ0) is 11.2. The third kappa shape index (κ3) is 13.9. The highest BCUT2D eigenvalue weighted by Gasteiger charge is 1.91. The van der Waals surface area contributed by atoms with E-state index in [0.717, 1.165) is 26.1 Å². The summed E-state index contributed by atoms with van der Waals surface area (Å²) in [6.07, 6.45) is 10.2. The molecule has 0 saturated carbocycles. The normalized spacial score (nSPS) is 10.8. The first-order chi connectivity index (χ1) is 7.41. The van der Waals surface area contributed by atoms with E-state index in [4.69, 9.17) is 11.5 Å². The van der Waals surface area contributed by atoms with Crippen molar-refractivity contribution in [2.24, 2.45) is 11.5 Å². The fraction of sp³-hybridized carbons (Fsp3) is 1.00. The Labute approximate surface area is 95.0 Å². The lowest BCUT2D eigenvalue weighted by molar-refractivity contribution is 0.556. The number of nitrogens with two attached hydrogens (primary N) is 2. The molecule has 0 amide bonds. The Balaban J connectivity index is 2.81. The Hall–Kier alpha value is -0.120. The maximum absolute atomic E-state index is 5.43. The van der Waals surface area contributed by atoms with Gasteiger partial charge in [-0.1, -0.05) is 25.7 Å². The molecule has 0 aromatic heterocycles. The zero-order valence-electron chi connectivity index (χ0n) is 10.1. The topological polar surface area (TPSA) is 64.1 Å². The molecule has 0 aliphatic heterocycles. The molecule has 0 saturated heterocycles. The molecule has 0 rings (SSSR count). The Kier molecular flexibility index (Phi) is 13.8. The maximum atomic E-state index is 5.43. The van der Waals surface area contributed by atoms with Crippen molar-refractivity contribution in [3.05, 3.63) is 0 Å². The molecule has 0 spiro atoms. The van der Waals surface area contributed by atoms with Gasteiger partial charge in [0.2, 0.25) is 0 Å². The molecular weight excluding hydrogens is 186 g/mol. The molecule has 0 fully saturated rings. The van der Waals surface area contributed by atoms with E-state index < -0.39 is 0 Å². The second kappa shape index (κ2) is 13.9. The molecule has 0 unspecified atom stereocenters. The molecular formula is C12H29N3. The Morgan fingerprint density at radius 1 is 0.533 bits per heavy atom. The van der Waals surface area contributed by atoms with Crippen LogP contribution >= 0.6 is 0 Å². The van der Waals surface area contributed by atoms with E-state index >= 15 is 0 Å². The second-order valence-electron chi connectivity index (χ2n) is 4.16. The van der Waals surface area contributed by atoms with Gasteiger partial charge >= 0.3 is 0 Å². The third-order valence-corrected chi connectivity index (χ3v) is 2.62. The SMILES string of the molecule is NCCCCCCCCNCCCCN. The van der Waals surface area contributed by atoms with Gasteiger partial charge in [0.05, 0.1) is 0 Å². The minimum atomic E-state index is 0.822. The van der Waals surface area contributed by atoms with Gasteiger partial charge in [-0.3, -0.25) is 0 Å². The largest absolute Gasteiger partial charge is 0.330 e. The van der Waals surface area contributed by atoms with Crippen molar-refractivity contribution in [3.63, 3.8) is 0 Å². The lowest BCUT2D eigenvalue weighted by Crippen LogP contribution is -2.17. The van der Waals surface area contributed by atoms with Gasteiger partial charge in [0.15, 0.2) is 0 Å². The van der Waals surface area contributed by atoms with Gasteiger partial charge in [0, 0.05) is 0 Å². The molecule has 0 radical (unpaired) electrons. The van der Waals surface area contributed by atoms with Crippen LogP contribution in [0.1, 0.15) is 51.4 Å². The fourth-order valence-corrected chi connectivity index (χ4v) is 1.62. The van der Waals surface area contributed by atoms with Gasteiger partial charge < -0.3 is 16.8 Å². The van der Waals surface area contributed by atoms with Crippen LogP contribution in [0.25, 0.3) is 0 Å². The van der Waals surface area contributed by atoms with Crippen molar-refractivity contribution < 1.29 is 0 Å². The molecule has 92 valence electrons. The van der Waals surface area contributed by atoms with E-state index in [1.807, 2.05) is 0 Å². The monoisotopic (exact) mass is 215 g/mol. The van der Waals surface area contributed by atoms with E-state index in [1.165, 1.54) is 51.5 Å². The lowest BCUT2D eigenvalue weighted by Gasteiger charge is -2.04. The molecule has 0 aliphatic carbocycles. The van der Waals surface area contributed by atoms with Gasteiger partial charge in [-0.2, -0.15) is 0 Å². The van der Waals surface area contributed by atoms with Gasteiger partial charge in [-0.15, -0.1) is 0 Å². The molecule has 0 aromatic carbocycles. The van der Waals surface area contributed by atoms with E-state index in [1.54, 1.807) is 0 Å². The quantitative estimate of drug-likeness (QED) is 0.433. The number of nitrogens with one attached hydrogen (secondary N) is 1. The summed E-state index contributed by atoms with van der Waals surface area (Å²) in [6, 6.07) is 0. The predicted molar refractivity (Wildman–Crippen MR) is 67.9 cm³/mol. The standard InChI is InChI=1S/C12H29N3/c13-9-5-3-1-2-4-7-11-15-12-8-6-10-14/h15H,1-14H2. The van der Waals surface area contributed by atoms with Crippen molar-refractivity contribution in [2.45, 2.75) is 51.4 Å². The first-order valence-electron chi connectivity index (χ1n) is 6.52. The molecule has 5 N–H and O–H groups in total. The summed E-state index contributed by atoms with van der Waals surface area (Å²) >= 11 is 0. The predicted octanol–water partition coefficient (Wildman–Crippen LogP) is 1.61. The van der Waals surface area contributed by atoms with E-state index in [-0.39, 0.29) is 0 Å². The molecule has 3 nitrogen and oxygen atoms in total. The van der Waals surface area contributed by atoms with Crippen molar-refractivity contribution in [1.82, 2.24) is 5.32 Å². The number of hydrogen-bond acceptors (Lipinski definition) is 3.